The maximum atomic E-state index is 12.4. The second-order valence-corrected chi connectivity index (χ2v) is 9.30. The third kappa shape index (κ3) is 4.06. The summed E-state index contributed by atoms with van der Waals surface area (Å²) >= 11 is 0. The van der Waals surface area contributed by atoms with Crippen LogP contribution >= 0.6 is 0 Å². The molecular formula is C19H34BNO4. The zero-order valence-electron chi connectivity index (χ0n) is 17.3. The molecule has 5 nitrogen and oxygen atoms in total. The fourth-order valence-electron chi connectivity index (χ4n) is 3.45. The summed E-state index contributed by atoms with van der Waals surface area (Å²) in [7, 11) is -0.342. The minimum atomic E-state index is -0.485. The summed E-state index contributed by atoms with van der Waals surface area (Å²) in [5.74, 6) is 0.340. The van der Waals surface area contributed by atoms with Crippen molar-refractivity contribution in [3.63, 3.8) is 0 Å². The molecule has 2 aliphatic heterocycles. The van der Waals surface area contributed by atoms with Crippen molar-refractivity contribution in [2.24, 2.45) is 5.92 Å². The molecule has 0 aromatic carbocycles. The predicted molar refractivity (Wildman–Crippen MR) is 100 cm³/mol. The van der Waals surface area contributed by atoms with Crippen LogP contribution < -0.4 is 0 Å². The van der Waals surface area contributed by atoms with Crippen LogP contribution in [-0.4, -0.2) is 47.5 Å². The molecule has 1 saturated heterocycles. The van der Waals surface area contributed by atoms with Gasteiger partial charge >= 0.3 is 13.2 Å². The smallest absolute Gasteiger partial charge is 0.444 e. The molecule has 2 aliphatic rings. The summed E-state index contributed by atoms with van der Waals surface area (Å²) in [5, 5.41) is 0. The van der Waals surface area contributed by atoms with Gasteiger partial charge in [-0.25, -0.2) is 4.79 Å². The maximum Gasteiger partial charge on any atom is 0.490 e. The summed E-state index contributed by atoms with van der Waals surface area (Å²) < 4.78 is 18.1. The summed E-state index contributed by atoms with van der Waals surface area (Å²) in [6.07, 6.45) is 2.51. The lowest BCUT2D eigenvalue weighted by Crippen LogP contribution is -2.48. The number of carbonyl (C=O) groups excluding carboxylic acids is 1. The van der Waals surface area contributed by atoms with Crippen LogP contribution in [0.4, 0.5) is 4.79 Å². The standard InChI is InChI=1S/C19H34BNO4/c1-13(2)19(9)18(7,8)24-20(25-19)15-10-11-21(14(3)12-15)16(22)23-17(4,5)6/h10,13-14H,11-12H2,1-9H3/t14-,19?/m0/s1. The first kappa shape index (κ1) is 20.3. The summed E-state index contributed by atoms with van der Waals surface area (Å²) in [5.41, 5.74) is -0.0751. The average Bonchev–Trinajstić information content (AvgIpc) is 2.68. The zero-order valence-corrected chi connectivity index (χ0v) is 17.3. The molecule has 2 rings (SSSR count). The highest BCUT2D eigenvalue weighted by Gasteiger charge is 2.56. The molecule has 0 N–H and O–H groups in total. The third-order valence-electron chi connectivity index (χ3n) is 5.59. The van der Waals surface area contributed by atoms with Crippen LogP contribution in [0, 0.1) is 5.92 Å². The van der Waals surface area contributed by atoms with E-state index in [0.717, 1.165) is 11.9 Å². The summed E-state index contributed by atoms with van der Waals surface area (Å²) in [4.78, 5) is 14.1. The van der Waals surface area contributed by atoms with Gasteiger partial charge in [-0.1, -0.05) is 19.9 Å². The Hall–Kier alpha value is -1.01. The minimum absolute atomic E-state index is 0.0519. The van der Waals surface area contributed by atoms with E-state index >= 15 is 0 Å². The van der Waals surface area contributed by atoms with Crippen molar-refractivity contribution in [1.82, 2.24) is 4.90 Å². The van der Waals surface area contributed by atoms with Crippen molar-refractivity contribution in [1.29, 1.82) is 0 Å². The van der Waals surface area contributed by atoms with E-state index in [4.69, 9.17) is 14.0 Å². The maximum absolute atomic E-state index is 12.4. The quantitative estimate of drug-likeness (QED) is 0.699. The molecule has 0 radical (unpaired) electrons. The van der Waals surface area contributed by atoms with Crippen molar-refractivity contribution in [2.45, 2.75) is 91.6 Å². The molecule has 0 aromatic heterocycles. The number of hydrogen-bond donors (Lipinski definition) is 0. The highest BCUT2D eigenvalue weighted by Crippen LogP contribution is 2.44. The van der Waals surface area contributed by atoms with Crippen LogP contribution in [0.15, 0.2) is 11.5 Å². The molecule has 1 fully saturated rings. The molecule has 0 spiro atoms. The summed E-state index contributed by atoms with van der Waals surface area (Å²) in [6, 6.07) is 0.0519. The first-order valence-corrected chi connectivity index (χ1v) is 9.31. The zero-order chi connectivity index (χ0) is 19.2. The first-order valence-electron chi connectivity index (χ1n) is 9.31. The lowest BCUT2D eigenvalue weighted by Gasteiger charge is -2.39. The number of carbonyl (C=O) groups is 1. The molecule has 1 unspecified atom stereocenters. The molecule has 0 aromatic rings. The Kier molecular flexibility index (Phi) is 5.38. The van der Waals surface area contributed by atoms with Crippen LogP contribution in [0.25, 0.3) is 0 Å². The largest absolute Gasteiger partial charge is 0.490 e. The van der Waals surface area contributed by atoms with E-state index in [1.54, 1.807) is 4.90 Å². The van der Waals surface area contributed by atoms with Crippen LogP contribution in [0.5, 0.6) is 0 Å². The second kappa shape index (κ2) is 6.62. The van der Waals surface area contributed by atoms with Gasteiger partial charge in [0, 0.05) is 12.6 Å². The van der Waals surface area contributed by atoms with Gasteiger partial charge in [0.05, 0.1) is 11.2 Å². The van der Waals surface area contributed by atoms with Crippen LogP contribution in [0.1, 0.15) is 68.7 Å². The van der Waals surface area contributed by atoms with Crippen LogP contribution in [0.2, 0.25) is 0 Å². The fourth-order valence-corrected chi connectivity index (χ4v) is 3.45. The Morgan fingerprint density at radius 1 is 1.32 bits per heavy atom. The number of rotatable bonds is 2. The Morgan fingerprint density at radius 3 is 2.36 bits per heavy atom. The molecule has 2 heterocycles. The van der Waals surface area contributed by atoms with E-state index in [1.165, 1.54) is 0 Å². The number of hydrogen-bond acceptors (Lipinski definition) is 4. The second-order valence-electron chi connectivity index (χ2n) is 9.30. The molecule has 0 aliphatic carbocycles. The average molecular weight is 351 g/mol. The molecule has 1 amide bonds. The highest BCUT2D eigenvalue weighted by atomic mass is 16.7. The van der Waals surface area contributed by atoms with Gasteiger partial charge in [-0.3, -0.25) is 0 Å². The molecule has 142 valence electrons. The lowest BCUT2D eigenvalue weighted by molar-refractivity contribution is -0.0435. The Morgan fingerprint density at radius 2 is 1.92 bits per heavy atom. The van der Waals surface area contributed by atoms with Gasteiger partial charge in [-0.15, -0.1) is 0 Å². The van der Waals surface area contributed by atoms with Gasteiger partial charge < -0.3 is 18.9 Å². The highest BCUT2D eigenvalue weighted by molar-refractivity contribution is 6.54. The van der Waals surface area contributed by atoms with Crippen molar-refractivity contribution < 1.29 is 18.8 Å². The topological polar surface area (TPSA) is 48.0 Å². The van der Waals surface area contributed by atoms with E-state index in [-0.39, 0.29) is 30.5 Å². The van der Waals surface area contributed by atoms with E-state index in [0.29, 0.717) is 12.5 Å². The van der Waals surface area contributed by atoms with Crippen LogP contribution in [-0.2, 0) is 14.0 Å². The number of ether oxygens (including phenoxy) is 1. The molecule has 6 heteroatoms. The molecule has 25 heavy (non-hydrogen) atoms. The van der Waals surface area contributed by atoms with Gasteiger partial charge in [0.2, 0.25) is 0 Å². The Balaban J connectivity index is 2.10. The predicted octanol–water partition coefficient (Wildman–Crippen LogP) is 4.21. The van der Waals surface area contributed by atoms with Crippen molar-refractivity contribution >= 4 is 13.2 Å². The van der Waals surface area contributed by atoms with Gasteiger partial charge in [0.15, 0.2) is 0 Å². The number of amides is 1. The van der Waals surface area contributed by atoms with Crippen LogP contribution in [0.3, 0.4) is 0 Å². The Bertz CT molecular complexity index is 552. The molecule has 0 bridgehead atoms. The minimum Gasteiger partial charge on any atom is -0.444 e. The monoisotopic (exact) mass is 351 g/mol. The Labute approximate surface area is 153 Å². The summed E-state index contributed by atoms with van der Waals surface area (Å²) in [6.45, 7) is 18.8. The van der Waals surface area contributed by atoms with Gasteiger partial charge in [-0.05, 0) is 66.3 Å². The van der Waals surface area contributed by atoms with E-state index in [2.05, 4.69) is 40.7 Å². The molecule has 2 atom stereocenters. The van der Waals surface area contributed by atoms with E-state index < -0.39 is 5.60 Å². The molecular weight excluding hydrogens is 317 g/mol. The first-order chi connectivity index (χ1) is 11.3. The van der Waals surface area contributed by atoms with Gasteiger partial charge in [0.25, 0.3) is 0 Å². The van der Waals surface area contributed by atoms with E-state index in [1.807, 2.05) is 27.7 Å². The van der Waals surface area contributed by atoms with Gasteiger partial charge in [0.1, 0.15) is 5.60 Å². The van der Waals surface area contributed by atoms with Gasteiger partial charge in [-0.2, -0.15) is 0 Å². The number of nitrogens with zero attached hydrogens (tertiary/aromatic N) is 1. The SMILES string of the molecule is CC(C)C1(C)OB(C2=CCN(C(=O)OC(C)(C)C)[C@@H](C)C2)OC1(C)C. The van der Waals surface area contributed by atoms with Crippen molar-refractivity contribution in [2.75, 3.05) is 6.54 Å². The fraction of sp³-hybridized carbons (Fsp3) is 0.842. The van der Waals surface area contributed by atoms with Crippen molar-refractivity contribution in [3.05, 3.63) is 11.5 Å². The normalized spacial score (nSPS) is 29.8. The van der Waals surface area contributed by atoms with Crippen molar-refractivity contribution in [3.8, 4) is 0 Å². The lowest BCUT2D eigenvalue weighted by atomic mass is 9.73. The molecule has 0 saturated carbocycles. The third-order valence-corrected chi connectivity index (χ3v) is 5.59. The van der Waals surface area contributed by atoms with E-state index in [9.17, 15) is 4.79 Å².